The van der Waals surface area contributed by atoms with Crippen molar-refractivity contribution in [2.45, 2.75) is 39.2 Å². The lowest BCUT2D eigenvalue weighted by molar-refractivity contribution is -0.148. The predicted molar refractivity (Wildman–Crippen MR) is 75.8 cm³/mol. The van der Waals surface area contributed by atoms with Crippen molar-refractivity contribution >= 4 is 11.9 Å². The van der Waals surface area contributed by atoms with Crippen molar-refractivity contribution < 1.29 is 18.7 Å². The number of fused-ring (bicyclic) bond motifs is 2. The van der Waals surface area contributed by atoms with E-state index in [2.05, 4.69) is 5.32 Å². The van der Waals surface area contributed by atoms with Crippen LogP contribution in [0.2, 0.25) is 0 Å². The van der Waals surface area contributed by atoms with Crippen LogP contribution in [0.5, 0.6) is 0 Å². The van der Waals surface area contributed by atoms with E-state index >= 15 is 0 Å². The molecule has 3 rings (SSSR count). The fourth-order valence-corrected chi connectivity index (χ4v) is 4.06. The molecule has 4 unspecified atom stereocenters. The second-order valence-electron chi connectivity index (χ2n) is 6.21. The van der Waals surface area contributed by atoms with Gasteiger partial charge < -0.3 is 14.5 Å². The molecule has 2 fully saturated rings. The Morgan fingerprint density at radius 3 is 2.62 bits per heavy atom. The fraction of sp³-hybridized carbons (Fsp3) is 0.625. The maximum Gasteiger partial charge on any atom is 0.311 e. The standard InChI is InChI=1S/C16H21NO4/c1-8-6-12(9(2)21-8)15(18)17-14-11-5-4-10(7-11)13(14)16(19)20-3/h6,10-11,13-14H,4-5,7H2,1-3H3,(H,17,18). The van der Waals surface area contributed by atoms with E-state index in [0.29, 0.717) is 23.2 Å². The van der Waals surface area contributed by atoms with Crippen molar-refractivity contribution in [3.05, 3.63) is 23.2 Å². The summed E-state index contributed by atoms with van der Waals surface area (Å²) in [5, 5.41) is 3.05. The maximum absolute atomic E-state index is 12.4. The predicted octanol–water partition coefficient (Wildman–Crippen LogP) is 2.21. The van der Waals surface area contributed by atoms with Crippen molar-refractivity contribution in [1.82, 2.24) is 5.32 Å². The molecule has 1 aromatic rings. The van der Waals surface area contributed by atoms with Crippen LogP contribution >= 0.6 is 0 Å². The Morgan fingerprint density at radius 2 is 2.00 bits per heavy atom. The van der Waals surface area contributed by atoms with Crippen LogP contribution in [0.15, 0.2) is 10.5 Å². The normalized spacial score (nSPS) is 30.4. The third-order valence-electron chi connectivity index (χ3n) is 4.97. The van der Waals surface area contributed by atoms with Gasteiger partial charge in [-0.15, -0.1) is 0 Å². The largest absolute Gasteiger partial charge is 0.469 e. The Hall–Kier alpha value is -1.78. The number of hydrogen-bond donors (Lipinski definition) is 1. The van der Waals surface area contributed by atoms with Gasteiger partial charge in [0.15, 0.2) is 0 Å². The third kappa shape index (κ3) is 2.34. The van der Waals surface area contributed by atoms with E-state index in [1.54, 1.807) is 13.0 Å². The number of rotatable bonds is 3. The Bertz CT molecular complexity index is 577. The van der Waals surface area contributed by atoms with Crippen molar-refractivity contribution in [2.75, 3.05) is 7.11 Å². The molecular weight excluding hydrogens is 270 g/mol. The monoisotopic (exact) mass is 291 g/mol. The second kappa shape index (κ2) is 5.20. The Morgan fingerprint density at radius 1 is 1.29 bits per heavy atom. The van der Waals surface area contributed by atoms with Gasteiger partial charge in [0.1, 0.15) is 11.5 Å². The molecule has 1 amide bonds. The van der Waals surface area contributed by atoms with Crippen LogP contribution in [-0.4, -0.2) is 25.0 Å². The van der Waals surface area contributed by atoms with Gasteiger partial charge in [0.2, 0.25) is 0 Å². The van der Waals surface area contributed by atoms with E-state index in [1.165, 1.54) is 7.11 Å². The number of methoxy groups -OCH3 is 1. The highest BCUT2D eigenvalue weighted by atomic mass is 16.5. The molecule has 1 N–H and O–H groups in total. The zero-order valence-electron chi connectivity index (χ0n) is 12.6. The van der Waals surface area contributed by atoms with Gasteiger partial charge in [0, 0.05) is 6.04 Å². The van der Waals surface area contributed by atoms with Crippen LogP contribution in [0.4, 0.5) is 0 Å². The van der Waals surface area contributed by atoms with Gasteiger partial charge in [-0.25, -0.2) is 0 Å². The average Bonchev–Trinajstić information content (AvgIpc) is 3.12. The molecule has 0 aliphatic heterocycles. The SMILES string of the molecule is COC(=O)C1C2CCC(C2)C1NC(=O)c1cc(C)oc1C. The zero-order valence-corrected chi connectivity index (χ0v) is 12.6. The summed E-state index contributed by atoms with van der Waals surface area (Å²) < 4.78 is 10.3. The molecule has 2 aliphatic rings. The van der Waals surface area contributed by atoms with E-state index < -0.39 is 0 Å². The van der Waals surface area contributed by atoms with Gasteiger partial charge in [-0.1, -0.05) is 0 Å². The molecule has 1 heterocycles. The summed E-state index contributed by atoms with van der Waals surface area (Å²) in [6.45, 7) is 3.60. The molecule has 5 heteroatoms. The summed E-state index contributed by atoms with van der Waals surface area (Å²) in [4.78, 5) is 24.5. The number of nitrogens with one attached hydrogen (secondary N) is 1. The number of carbonyl (C=O) groups excluding carboxylic acids is 2. The molecule has 114 valence electrons. The van der Waals surface area contributed by atoms with Gasteiger partial charge in [0.05, 0.1) is 18.6 Å². The molecule has 0 saturated heterocycles. The third-order valence-corrected chi connectivity index (χ3v) is 4.97. The van der Waals surface area contributed by atoms with Crippen LogP contribution in [0.3, 0.4) is 0 Å². The van der Waals surface area contributed by atoms with E-state index in [9.17, 15) is 9.59 Å². The molecule has 4 atom stereocenters. The lowest BCUT2D eigenvalue weighted by Gasteiger charge is -2.29. The van der Waals surface area contributed by atoms with E-state index in [0.717, 1.165) is 25.0 Å². The van der Waals surface area contributed by atoms with Crippen molar-refractivity contribution in [1.29, 1.82) is 0 Å². The summed E-state index contributed by atoms with van der Waals surface area (Å²) in [6, 6.07) is 1.63. The average molecular weight is 291 g/mol. The highest BCUT2D eigenvalue weighted by molar-refractivity contribution is 5.95. The van der Waals surface area contributed by atoms with Gasteiger partial charge in [-0.05, 0) is 51.0 Å². The first-order chi connectivity index (χ1) is 10.0. The topological polar surface area (TPSA) is 68.5 Å². The minimum Gasteiger partial charge on any atom is -0.469 e. The molecule has 0 radical (unpaired) electrons. The number of ether oxygens (including phenoxy) is 1. The summed E-state index contributed by atoms with van der Waals surface area (Å²) >= 11 is 0. The number of esters is 1. The minimum absolute atomic E-state index is 0.113. The number of carbonyl (C=O) groups is 2. The van der Waals surface area contributed by atoms with Gasteiger partial charge in [-0.2, -0.15) is 0 Å². The number of amides is 1. The van der Waals surface area contributed by atoms with E-state index in [4.69, 9.17) is 9.15 Å². The van der Waals surface area contributed by atoms with Gasteiger partial charge in [0.25, 0.3) is 5.91 Å². The lowest BCUT2D eigenvalue weighted by atomic mass is 9.84. The van der Waals surface area contributed by atoms with Crippen LogP contribution in [0.25, 0.3) is 0 Å². The van der Waals surface area contributed by atoms with Crippen molar-refractivity contribution in [3.63, 3.8) is 0 Å². The van der Waals surface area contributed by atoms with Crippen LogP contribution in [-0.2, 0) is 9.53 Å². The molecule has 2 aliphatic carbocycles. The zero-order chi connectivity index (χ0) is 15.1. The molecule has 0 spiro atoms. The molecule has 0 aromatic carbocycles. The molecule has 21 heavy (non-hydrogen) atoms. The highest BCUT2D eigenvalue weighted by Crippen LogP contribution is 2.49. The van der Waals surface area contributed by atoms with Crippen LogP contribution < -0.4 is 5.32 Å². The number of aryl methyl sites for hydroxylation is 2. The smallest absolute Gasteiger partial charge is 0.311 e. The molecule has 5 nitrogen and oxygen atoms in total. The summed E-state index contributed by atoms with van der Waals surface area (Å²) in [7, 11) is 1.41. The Labute approximate surface area is 124 Å². The molecule has 1 aromatic heterocycles. The van der Waals surface area contributed by atoms with Gasteiger partial charge in [-0.3, -0.25) is 9.59 Å². The van der Waals surface area contributed by atoms with Crippen LogP contribution in [0, 0.1) is 31.6 Å². The van der Waals surface area contributed by atoms with Crippen molar-refractivity contribution in [3.8, 4) is 0 Å². The Kier molecular flexibility index (Phi) is 3.51. The summed E-state index contributed by atoms with van der Waals surface area (Å²) in [5.41, 5.74) is 0.555. The van der Waals surface area contributed by atoms with Crippen LogP contribution in [0.1, 0.15) is 41.1 Å². The summed E-state index contributed by atoms with van der Waals surface area (Å²) in [6.07, 6.45) is 3.14. The first kappa shape index (κ1) is 14.2. The minimum atomic E-state index is -0.203. The van der Waals surface area contributed by atoms with Gasteiger partial charge >= 0.3 is 5.97 Å². The Balaban J connectivity index is 1.78. The maximum atomic E-state index is 12.4. The van der Waals surface area contributed by atoms with E-state index in [-0.39, 0.29) is 23.8 Å². The lowest BCUT2D eigenvalue weighted by Crippen LogP contribution is -2.47. The summed E-state index contributed by atoms with van der Waals surface area (Å²) in [5.74, 6) is 1.50. The molecular formula is C16H21NO4. The quantitative estimate of drug-likeness (QED) is 0.867. The van der Waals surface area contributed by atoms with E-state index in [1.807, 2.05) is 6.92 Å². The highest BCUT2D eigenvalue weighted by Gasteiger charge is 2.52. The fourth-order valence-electron chi connectivity index (χ4n) is 4.06. The number of hydrogen-bond acceptors (Lipinski definition) is 4. The van der Waals surface area contributed by atoms with Crippen molar-refractivity contribution in [2.24, 2.45) is 17.8 Å². The number of furan rings is 1. The second-order valence-corrected chi connectivity index (χ2v) is 6.21. The molecule has 2 bridgehead atoms. The first-order valence-electron chi connectivity index (χ1n) is 7.47. The molecule has 2 saturated carbocycles. The first-order valence-corrected chi connectivity index (χ1v) is 7.47.